The molecule has 2 N–H and O–H groups in total. The SMILES string of the molecule is CC1(C)CC1C(=O)N1CC2(CN(C(=O)c3cnn(Cc4ccccc4)c3)CC2C(=O)NCCOCC2CCCCC2)C1.O=CN1CCN(c2ccc(OCC(=O)O)cc2)CC1. The molecule has 15 nitrogen and oxygen atoms in total. The number of likely N-dealkylation sites (tertiary alicyclic amines) is 2. The average Bonchev–Trinajstić information content (AvgIpc) is 3.54. The first-order valence-electron chi connectivity index (χ1n) is 21.8. The number of benzene rings is 2. The summed E-state index contributed by atoms with van der Waals surface area (Å²) in [6.07, 6.45) is 11.6. The molecule has 5 aliphatic rings. The highest BCUT2D eigenvalue weighted by Crippen LogP contribution is 2.54. The monoisotopic (exact) mass is 839 g/mol. The fourth-order valence-corrected chi connectivity index (χ4v) is 9.25. The lowest BCUT2D eigenvalue weighted by Gasteiger charge is -2.50. The second-order valence-electron chi connectivity index (χ2n) is 18.1. The van der Waals surface area contributed by atoms with Crippen LogP contribution in [0.25, 0.3) is 0 Å². The van der Waals surface area contributed by atoms with Crippen molar-refractivity contribution < 1.29 is 38.6 Å². The number of piperazine rings is 1. The number of carbonyl (C=O) groups excluding carboxylic acids is 4. The number of rotatable bonds is 15. The number of aromatic nitrogens is 2. The smallest absolute Gasteiger partial charge is 0.341 e. The fourth-order valence-electron chi connectivity index (χ4n) is 9.25. The normalized spacial score (nSPS) is 21.5. The first-order valence-corrected chi connectivity index (χ1v) is 21.8. The summed E-state index contributed by atoms with van der Waals surface area (Å²) in [5.74, 6) is -0.0924. The second-order valence-corrected chi connectivity index (χ2v) is 18.1. The number of anilines is 1. The average molecular weight is 840 g/mol. The van der Waals surface area contributed by atoms with Gasteiger partial charge in [-0.1, -0.05) is 63.4 Å². The lowest BCUT2D eigenvalue weighted by molar-refractivity contribution is -0.151. The van der Waals surface area contributed by atoms with Gasteiger partial charge in [-0.25, -0.2) is 4.79 Å². The number of aliphatic carboxylic acids is 1. The zero-order valence-electron chi connectivity index (χ0n) is 35.6. The Morgan fingerprint density at radius 3 is 2.25 bits per heavy atom. The van der Waals surface area contributed by atoms with Crippen LogP contribution in [0.5, 0.6) is 5.75 Å². The van der Waals surface area contributed by atoms with Gasteiger partial charge in [0.05, 0.1) is 30.8 Å². The van der Waals surface area contributed by atoms with Crippen molar-refractivity contribution in [2.75, 3.05) is 83.6 Å². The van der Waals surface area contributed by atoms with Gasteiger partial charge in [-0.15, -0.1) is 0 Å². The van der Waals surface area contributed by atoms with E-state index in [1.54, 1.807) is 39.0 Å². The predicted octanol–water partition coefficient (Wildman–Crippen LogP) is 4.02. The molecular formula is C46H61N7O8. The van der Waals surface area contributed by atoms with Crippen LogP contribution in [0.4, 0.5) is 5.69 Å². The number of carboxylic acid groups (broad SMARTS) is 1. The Balaban J connectivity index is 0.000000247. The third-order valence-corrected chi connectivity index (χ3v) is 13.1. The lowest BCUT2D eigenvalue weighted by Crippen LogP contribution is -2.64. The van der Waals surface area contributed by atoms with Crippen LogP contribution in [0.1, 0.15) is 68.3 Å². The first-order chi connectivity index (χ1) is 29.4. The fraction of sp³-hybridized carbons (Fsp3) is 0.565. The summed E-state index contributed by atoms with van der Waals surface area (Å²) in [4.78, 5) is 68.9. The van der Waals surface area contributed by atoms with Gasteiger partial charge in [0, 0.05) is 88.7 Å². The van der Waals surface area contributed by atoms with Gasteiger partial charge in [0.15, 0.2) is 6.61 Å². The van der Waals surface area contributed by atoms with Crippen molar-refractivity contribution in [1.82, 2.24) is 29.8 Å². The number of ether oxygens (including phenoxy) is 2. The minimum atomic E-state index is -0.992. The van der Waals surface area contributed by atoms with E-state index in [2.05, 4.69) is 29.2 Å². The van der Waals surface area contributed by atoms with E-state index in [0.29, 0.717) is 63.1 Å². The largest absolute Gasteiger partial charge is 0.482 e. The first kappa shape index (κ1) is 43.6. The van der Waals surface area contributed by atoms with E-state index < -0.39 is 11.4 Å². The molecule has 0 radical (unpaired) electrons. The van der Waals surface area contributed by atoms with Gasteiger partial charge < -0.3 is 39.5 Å². The van der Waals surface area contributed by atoms with Crippen molar-refractivity contribution in [3.8, 4) is 5.75 Å². The molecule has 3 aliphatic heterocycles. The molecule has 2 aliphatic carbocycles. The molecular weight excluding hydrogens is 779 g/mol. The van der Waals surface area contributed by atoms with E-state index in [0.717, 1.165) is 56.9 Å². The van der Waals surface area contributed by atoms with E-state index in [4.69, 9.17) is 14.6 Å². The summed E-state index contributed by atoms with van der Waals surface area (Å²) in [6.45, 7) is 11.1. The van der Waals surface area contributed by atoms with E-state index in [1.165, 1.54) is 32.1 Å². The van der Waals surface area contributed by atoms with Crippen LogP contribution in [0.3, 0.4) is 0 Å². The van der Waals surface area contributed by atoms with Crippen molar-refractivity contribution in [2.45, 2.75) is 58.9 Å². The van der Waals surface area contributed by atoms with Crippen molar-refractivity contribution >= 4 is 35.8 Å². The maximum Gasteiger partial charge on any atom is 0.341 e. The molecule has 3 aromatic rings. The summed E-state index contributed by atoms with van der Waals surface area (Å²) in [7, 11) is 0. The Morgan fingerprint density at radius 2 is 1.59 bits per heavy atom. The van der Waals surface area contributed by atoms with Crippen LogP contribution in [0.2, 0.25) is 0 Å². The lowest BCUT2D eigenvalue weighted by atomic mass is 9.71. The number of hydrogen-bond acceptors (Lipinski definition) is 9. The van der Waals surface area contributed by atoms with Crippen molar-refractivity contribution in [3.05, 3.63) is 78.1 Å². The van der Waals surface area contributed by atoms with Crippen LogP contribution >= 0.6 is 0 Å². The van der Waals surface area contributed by atoms with Crippen LogP contribution in [-0.2, 0) is 30.5 Å². The molecule has 2 saturated carbocycles. The minimum Gasteiger partial charge on any atom is -0.482 e. The number of nitrogens with zero attached hydrogens (tertiary/aromatic N) is 6. The number of nitrogens with one attached hydrogen (secondary N) is 1. The van der Waals surface area contributed by atoms with Gasteiger partial charge in [0.25, 0.3) is 5.91 Å². The standard InChI is InChI=1S/C33H45N5O4.C13H16N2O4/c1-32(2)15-27(32)31(41)37-22-33(23-37)21-36(30(40)26-16-35-38(18-26)17-24-9-5-3-6-10-24)19-28(33)29(39)34-13-14-42-20-25-11-7-4-8-12-25;16-10-14-5-7-15(8-6-14)11-1-3-12(4-2-11)19-9-13(17)18/h3,5-6,9-10,16,18,25,27-28H,4,7-8,11-15,17,19-23H2,1-2H3,(H,34,39);1-4,10H,5-9H2,(H,17,18). The number of carboxylic acids is 1. The highest BCUT2D eigenvalue weighted by atomic mass is 16.5. The van der Waals surface area contributed by atoms with Gasteiger partial charge in [0.2, 0.25) is 18.2 Å². The van der Waals surface area contributed by atoms with Gasteiger partial charge in [-0.3, -0.25) is 23.9 Å². The summed E-state index contributed by atoms with van der Waals surface area (Å²) >= 11 is 0. The molecule has 4 amide bonds. The van der Waals surface area contributed by atoms with Crippen molar-refractivity contribution in [1.29, 1.82) is 0 Å². The summed E-state index contributed by atoms with van der Waals surface area (Å²) in [5.41, 5.74) is 2.32. The molecule has 2 aromatic carbocycles. The van der Waals surface area contributed by atoms with Gasteiger partial charge in [-0.2, -0.15) is 5.10 Å². The van der Waals surface area contributed by atoms with E-state index >= 15 is 0 Å². The molecule has 8 rings (SSSR count). The third-order valence-electron chi connectivity index (χ3n) is 13.1. The Bertz CT molecular complexity index is 1970. The van der Waals surface area contributed by atoms with Gasteiger partial charge in [0.1, 0.15) is 5.75 Å². The third kappa shape index (κ3) is 11.1. The minimum absolute atomic E-state index is 0.0508. The number of hydrogen-bond donors (Lipinski definition) is 2. The Hall–Kier alpha value is -5.44. The molecule has 5 fully saturated rings. The molecule has 2 atom stereocenters. The maximum absolute atomic E-state index is 13.6. The molecule has 4 heterocycles. The van der Waals surface area contributed by atoms with E-state index in [1.807, 2.05) is 47.4 Å². The molecule has 3 saturated heterocycles. The van der Waals surface area contributed by atoms with Gasteiger partial charge in [-0.05, 0) is 60.4 Å². The molecule has 0 bridgehead atoms. The Labute approximate surface area is 358 Å². The number of amides is 4. The maximum atomic E-state index is 13.6. The number of carbonyl (C=O) groups is 5. The van der Waals surface area contributed by atoms with Crippen molar-refractivity contribution in [3.63, 3.8) is 0 Å². The molecule has 1 aromatic heterocycles. The van der Waals surface area contributed by atoms with Crippen LogP contribution in [0, 0.1) is 28.6 Å². The summed E-state index contributed by atoms with van der Waals surface area (Å²) < 4.78 is 12.7. The molecule has 328 valence electrons. The highest BCUT2D eigenvalue weighted by molar-refractivity contribution is 5.95. The highest BCUT2D eigenvalue weighted by Gasteiger charge is 2.61. The quantitative estimate of drug-likeness (QED) is 0.169. The predicted molar refractivity (Wildman–Crippen MR) is 228 cm³/mol. The Morgan fingerprint density at radius 1 is 0.902 bits per heavy atom. The van der Waals surface area contributed by atoms with E-state index in [-0.39, 0.29) is 41.6 Å². The Kier molecular flexibility index (Phi) is 14.0. The molecule has 1 spiro atoms. The summed E-state index contributed by atoms with van der Waals surface area (Å²) in [6, 6.07) is 17.3. The zero-order valence-corrected chi connectivity index (χ0v) is 35.6. The molecule has 2 unspecified atom stereocenters. The van der Waals surface area contributed by atoms with Crippen molar-refractivity contribution in [2.24, 2.45) is 28.6 Å². The van der Waals surface area contributed by atoms with E-state index in [9.17, 15) is 24.0 Å². The van der Waals surface area contributed by atoms with Gasteiger partial charge >= 0.3 is 5.97 Å². The molecule has 61 heavy (non-hydrogen) atoms. The van der Waals surface area contributed by atoms with Crippen LogP contribution in [-0.4, -0.2) is 138 Å². The second kappa shape index (κ2) is 19.5. The van der Waals surface area contributed by atoms with Crippen LogP contribution < -0.4 is 15.0 Å². The summed E-state index contributed by atoms with van der Waals surface area (Å²) in [5, 5.41) is 16.0. The molecule has 15 heteroatoms. The van der Waals surface area contributed by atoms with Crippen LogP contribution in [0.15, 0.2) is 67.0 Å². The zero-order chi connectivity index (χ0) is 43.0. The topological polar surface area (TPSA) is 167 Å².